The third-order valence-corrected chi connectivity index (χ3v) is 7.54. The molecule has 4 rings (SSSR count). The van der Waals surface area contributed by atoms with Crippen LogP contribution in [-0.4, -0.2) is 58.1 Å². The van der Waals surface area contributed by atoms with E-state index >= 15 is 0 Å². The Balaban J connectivity index is 1.33. The third kappa shape index (κ3) is 5.76. The van der Waals surface area contributed by atoms with Gasteiger partial charge in [-0.05, 0) is 55.0 Å². The first-order valence-electron chi connectivity index (χ1n) is 11.2. The van der Waals surface area contributed by atoms with Crippen molar-refractivity contribution in [3.05, 3.63) is 90.0 Å². The molecule has 1 saturated heterocycles. The van der Waals surface area contributed by atoms with Crippen LogP contribution in [0.15, 0.2) is 83.8 Å². The molecule has 0 bridgehead atoms. The van der Waals surface area contributed by atoms with Crippen LogP contribution in [0.3, 0.4) is 0 Å². The summed E-state index contributed by atoms with van der Waals surface area (Å²) in [6.45, 7) is 4.20. The Bertz CT molecular complexity index is 1220. The topological polar surface area (TPSA) is 76.1 Å². The standard InChI is InChI=1S/C26H28N2O5S/c1-21-7-5-11-24(19-21)32-17-18-33-26(29)22-8-6-12-25(20-22)34(30,31)28-15-13-27(14-16-28)23-9-3-2-4-10-23/h2-12,19-20H,13-18H2,1H3. The number of hydrogen-bond donors (Lipinski definition) is 0. The summed E-state index contributed by atoms with van der Waals surface area (Å²) < 4.78 is 38.7. The second kappa shape index (κ2) is 10.7. The molecule has 1 aliphatic heterocycles. The van der Waals surface area contributed by atoms with E-state index < -0.39 is 16.0 Å². The largest absolute Gasteiger partial charge is 0.490 e. The van der Waals surface area contributed by atoms with E-state index in [4.69, 9.17) is 9.47 Å². The number of para-hydroxylation sites is 1. The first-order chi connectivity index (χ1) is 16.4. The third-order valence-electron chi connectivity index (χ3n) is 5.64. The number of ether oxygens (including phenoxy) is 2. The molecule has 1 fully saturated rings. The van der Waals surface area contributed by atoms with Crippen LogP contribution < -0.4 is 9.64 Å². The molecule has 3 aromatic rings. The molecular weight excluding hydrogens is 452 g/mol. The molecular formula is C26H28N2O5S. The predicted molar refractivity (Wildman–Crippen MR) is 131 cm³/mol. The predicted octanol–water partition coefficient (Wildman–Crippen LogP) is 3.74. The number of anilines is 1. The van der Waals surface area contributed by atoms with Gasteiger partial charge in [-0.25, -0.2) is 13.2 Å². The number of carbonyl (C=O) groups is 1. The van der Waals surface area contributed by atoms with Crippen LogP contribution in [0.25, 0.3) is 0 Å². The maximum Gasteiger partial charge on any atom is 0.338 e. The lowest BCUT2D eigenvalue weighted by Crippen LogP contribution is -2.48. The van der Waals surface area contributed by atoms with Crippen molar-refractivity contribution in [3.8, 4) is 5.75 Å². The van der Waals surface area contributed by atoms with Gasteiger partial charge in [-0.1, -0.05) is 36.4 Å². The summed E-state index contributed by atoms with van der Waals surface area (Å²) in [4.78, 5) is 14.7. The van der Waals surface area contributed by atoms with E-state index in [0.29, 0.717) is 31.9 Å². The van der Waals surface area contributed by atoms with Crippen molar-refractivity contribution < 1.29 is 22.7 Å². The van der Waals surface area contributed by atoms with Crippen LogP contribution in [0.2, 0.25) is 0 Å². The van der Waals surface area contributed by atoms with Crippen molar-refractivity contribution in [2.24, 2.45) is 0 Å². The molecule has 0 aliphatic carbocycles. The summed E-state index contributed by atoms with van der Waals surface area (Å²) in [5.74, 6) is 0.121. The van der Waals surface area contributed by atoms with Gasteiger partial charge in [0.1, 0.15) is 19.0 Å². The normalized spacial score (nSPS) is 14.6. The number of hydrogen-bond acceptors (Lipinski definition) is 6. The van der Waals surface area contributed by atoms with Crippen molar-refractivity contribution in [3.63, 3.8) is 0 Å². The highest BCUT2D eigenvalue weighted by Crippen LogP contribution is 2.22. The average molecular weight is 481 g/mol. The van der Waals surface area contributed by atoms with E-state index in [9.17, 15) is 13.2 Å². The van der Waals surface area contributed by atoms with Gasteiger partial charge in [0.05, 0.1) is 10.5 Å². The van der Waals surface area contributed by atoms with Crippen LogP contribution in [0.1, 0.15) is 15.9 Å². The lowest BCUT2D eigenvalue weighted by molar-refractivity contribution is 0.0450. The lowest BCUT2D eigenvalue weighted by Gasteiger charge is -2.35. The van der Waals surface area contributed by atoms with Crippen LogP contribution in [0.4, 0.5) is 5.69 Å². The Morgan fingerprint density at radius 2 is 1.59 bits per heavy atom. The van der Waals surface area contributed by atoms with Crippen molar-refractivity contribution in [1.29, 1.82) is 0 Å². The van der Waals surface area contributed by atoms with Gasteiger partial charge in [-0.15, -0.1) is 0 Å². The molecule has 0 unspecified atom stereocenters. The van der Waals surface area contributed by atoms with Gasteiger partial charge < -0.3 is 14.4 Å². The lowest BCUT2D eigenvalue weighted by atomic mass is 10.2. The Kier molecular flexibility index (Phi) is 7.49. The second-order valence-corrected chi connectivity index (χ2v) is 9.99. The summed E-state index contributed by atoms with van der Waals surface area (Å²) >= 11 is 0. The van der Waals surface area contributed by atoms with Gasteiger partial charge in [0.15, 0.2) is 0 Å². The molecule has 1 heterocycles. The number of aryl methyl sites for hydroxylation is 1. The van der Waals surface area contributed by atoms with E-state index in [0.717, 1.165) is 11.3 Å². The Hall–Kier alpha value is -3.36. The SMILES string of the molecule is Cc1cccc(OCCOC(=O)c2cccc(S(=O)(=O)N3CCN(c4ccccc4)CC3)c2)c1. The minimum absolute atomic E-state index is 0.0607. The number of sulfonamides is 1. The number of rotatable bonds is 8. The van der Waals surface area contributed by atoms with E-state index in [1.165, 1.54) is 16.4 Å². The van der Waals surface area contributed by atoms with Gasteiger partial charge in [0.25, 0.3) is 0 Å². The molecule has 1 aliphatic rings. The fraction of sp³-hybridized carbons (Fsp3) is 0.269. The zero-order valence-electron chi connectivity index (χ0n) is 19.1. The van der Waals surface area contributed by atoms with E-state index in [2.05, 4.69) is 4.90 Å². The second-order valence-electron chi connectivity index (χ2n) is 8.06. The number of nitrogens with zero attached hydrogens (tertiary/aromatic N) is 2. The van der Waals surface area contributed by atoms with Gasteiger partial charge in [-0.3, -0.25) is 0 Å². The first-order valence-corrected chi connectivity index (χ1v) is 12.6. The van der Waals surface area contributed by atoms with Gasteiger partial charge in [0.2, 0.25) is 10.0 Å². The first kappa shape index (κ1) is 23.8. The number of benzene rings is 3. The van der Waals surface area contributed by atoms with Crippen LogP contribution in [0.5, 0.6) is 5.75 Å². The van der Waals surface area contributed by atoms with Crippen molar-refractivity contribution in [2.45, 2.75) is 11.8 Å². The molecule has 34 heavy (non-hydrogen) atoms. The van der Waals surface area contributed by atoms with Gasteiger partial charge >= 0.3 is 5.97 Å². The Morgan fingerprint density at radius 3 is 2.32 bits per heavy atom. The smallest absolute Gasteiger partial charge is 0.338 e. The van der Waals surface area contributed by atoms with Crippen molar-refractivity contribution in [1.82, 2.24) is 4.31 Å². The maximum absolute atomic E-state index is 13.2. The molecule has 0 saturated carbocycles. The number of piperazine rings is 1. The molecule has 0 spiro atoms. The molecule has 7 nitrogen and oxygen atoms in total. The molecule has 0 atom stereocenters. The summed E-state index contributed by atoms with van der Waals surface area (Å²) in [5, 5.41) is 0. The Morgan fingerprint density at radius 1 is 0.853 bits per heavy atom. The van der Waals surface area contributed by atoms with Gasteiger partial charge in [-0.2, -0.15) is 4.31 Å². The zero-order valence-corrected chi connectivity index (χ0v) is 19.9. The van der Waals surface area contributed by atoms with E-state index in [-0.39, 0.29) is 23.7 Å². The summed E-state index contributed by atoms with van der Waals surface area (Å²) in [6, 6.07) is 23.5. The van der Waals surface area contributed by atoms with Gasteiger partial charge in [0, 0.05) is 31.9 Å². The number of esters is 1. The highest BCUT2D eigenvalue weighted by molar-refractivity contribution is 7.89. The quantitative estimate of drug-likeness (QED) is 0.361. The molecule has 0 N–H and O–H groups in total. The molecule has 178 valence electrons. The van der Waals surface area contributed by atoms with Crippen molar-refractivity contribution in [2.75, 3.05) is 44.3 Å². The molecule has 0 radical (unpaired) electrons. The fourth-order valence-electron chi connectivity index (χ4n) is 3.84. The monoisotopic (exact) mass is 480 g/mol. The molecule has 0 amide bonds. The highest BCUT2D eigenvalue weighted by atomic mass is 32.2. The average Bonchev–Trinajstić information content (AvgIpc) is 2.87. The minimum Gasteiger partial charge on any atom is -0.490 e. The van der Waals surface area contributed by atoms with Crippen LogP contribution >= 0.6 is 0 Å². The van der Waals surface area contributed by atoms with Crippen LogP contribution in [-0.2, 0) is 14.8 Å². The molecule has 8 heteroatoms. The van der Waals surface area contributed by atoms with Crippen molar-refractivity contribution >= 4 is 21.7 Å². The minimum atomic E-state index is -3.71. The number of carbonyl (C=O) groups excluding carboxylic acids is 1. The summed E-state index contributed by atoms with van der Waals surface area (Å²) in [5.41, 5.74) is 2.35. The zero-order chi connectivity index (χ0) is 24.0. The molecule has 0 aromatic heterocycles. The van der Waals surface area contributed by atoms with Crippen LogP contribution in [0, 0.1) is 6.92 Å². The summed E-state index contributed by atoms with van der Waals surface area (Å²) in [6.07, 6.45) is 0. The van der Waals surface area contributed by atoms with E-state index in [1.807, 2.05) is 61.5 Å². The Labute approximate surface area is 200 Å². The molecule has 3 aromatic carbocycles. The summed E-state index contributed by atoms with van der Waals surface area (Å²) in [7, 11) is -3.71. The highest BCUT2D eigenvalue weighted by Gasteiger charge is 2.29. The fourth-order valence-corrected chi connectivity index (χ4v) is 5.31. The van der Waals surface area contributed by atoms with E-state index in [1.54, 1.807) is 12.1 Å². The maximum atomic E-state index is 13.2.